The smallest absolute Gasteiger partial charge is 0.236 e. The first-order valence-electron chi connectivity index (χ1n) is 9.54. The third-order valence-corrected chi connectivity index (χ3v) is 5.19. The van der Waals surface area contributed by atoms with Crippen molar-refractivity contribution in [3.05, 3.63) is 35.9 Å². The van der Waals surface area contributed by atoms with Crippen molar-refractivity contribution in [3.63, 3.8) is 0 Å². The van der Waals surface area contributed by atoms with Crippen LogP contribution in [0.3, 0.4) is 0 Å². The summed E-state index contributed by atoms with van der Waals surface area (Å²) in [7, 11) is 0. The molecule has 136 valence electrons. The molecule has 0 aromatic heterocycles. The minimum atomic E-state index is 0.166. The average Bonchev–Trinajstić information content (AvgIpc) is 3.33. The van der Waals surface area contributed by atoms with E-state index in [1.807, 2.05) is 32.9 Å². The number of carbonyl (C=O) groups is 2. The number of hydrogen-bond acceptors (Lipinski definition) is 3. The summed E-state index contributed by atoms with van der Waals surface area (Å²) >= 11 is 0. The molecule has 25 heavy (non-hydrogen) atoms. The highest BCUT2D eigenvalue weighted by Crippen LogP contribution is 2.11. The Morgan fingerprint density at radius 1 is 0.800 bits per heavy atom. The zero-order chi connectivity index (χ0) is 17.5. The van der Waals surface area contributed by atoms with Gasteiger partial charge in [-0.15, -0.1) is 0 Å². The van der Waals surface area contributed by atoms with Gasteiger partial charge in [0, 0.05) is 32.7 Å². The molecule has 1 aromatic rings. The topological polar surface area (TPSA) is 43.9 Å². The largest absolute Gasteiger partial charge is 0.342 e. The molecule has 0 radical (unpaired) electrons. The summed E-state index contributed by atoms with van der Waals surface area (Å²) in [6, 6.07) is 10.3. The third-order valence-electron chi connectivity index (χ3n) is 5.19. The molecule has 2 aliphatic rings. The maximum atomic E-state index is 12.5. The Bertz CT molecular complexity index is 534. The van der Waals surface area contributed by atoms with E-state index in [0.717, 1.165) is 64.8 Å². The average molecular weight is 343 g/mol. The fourth-order valence-electron chi connectivity index (χ4n) is 3.66. The first-order valence-corrected chi connectivity index (χ1v) is 9.54. The van der Waals surface area contributed by atoms with E-state index in [1.54, 1.807) is 0 Å². The Hall–Kier alpha value is -1.88. The van der Waals surface area contributed by atoms with Crippen molar-refractivity contribution in [3.8, 4) is 0 Å². The van der Waals surface area contributed by atoms with Crippen LogP contribution in [0.1, 0.15) is 31.2 Å². The summed E-state index contributed by atoms with van der Waals surface area (Å²) in [6.07, 6.45) is 5.26. The second-order valence-electron chi connectivity index (χ2n) is 7.12. The van der Waals surface area contributed by atoms with Crippen molar-refractivity contribution in [2.75, 3.05) is 45.8 Å². The normalized spacial score (nSPS) is 17.5. The maximum absolute atomic E-state index is 12.5. The lowest BCUT2D eigenvalue weighted by Crippen LogP contribution is -2.45. The molecule has 2 saturated heterocycles. The van der Waals surface area contributed by atoms with E-state index >= 15 is 0 Å². The molecule has 3 rings (SSSR count). The molecule has 0 atom stereocenters. The molecule has 0 bridgehead atoms. The predicted molar refractivity (Wildman–Crippen MR) is 98.2 cm³/mol. The van der Waals surface area contributed by atoms with E-state index in [9.17, 15) is 9.59 Å². The van der Waals surface area contributed by atoms with Crippen LogP contribution in [-0.4, -0.2) is 72.3 Å². The Balaban J connectivity index is 1.57. The fourth-order valence-corrected chi connectivity index (χ4v) is 3.66. The van der Waals surface area contributed by atoms with Crippen LogP contribution >= 0.6 is 0 Å². The summed E-state index contributed by atoms with van der Waals surface area (Å²) in [5.41, 5.74) is 1.25. The van der Waals surface area contributed by atoms with Gasteiger partial charge in [0.2, 0.25) is 11.8 Å². The van der Waals surface area contributed by atoms with E-state index in [0.29, 0.717) is 13.1 Å². The Labute approximate surface area is 150 Å². The van der Waals surface area contributed by atoms with Crippen LogP contribution in [-0.2, 0) is 16.0 Å². The SMILES string of the molecule is O=C(CN(CCc1ccccc1)CC(=O)N1CCCC1)N1CCCC1. The van der Waals surface area contributed by atoms with Gasteiger partial charge in [0.25, 0.3) is 0 Å². The van der Waals surface area contributed by atoms with Crippen LogP contribution in [0.25, 0.3) is 0 Å². The van der Waals surface area contributed by atoms with Crippen molar-refractivity contribution in [2.24, 2.45) is 0 Å². The van der Waals surface area contributed by atoms with E-state index in [4.69, 9.17) is 0 Å². The van der Waals surface area contributed by atoms with Crippen LogP contribution in [0, 0.1) is 0 Å². The van der Waals surface area contributed by atoms with Gasteiger partial charge in [-0.1, -0.05) is 30.3 Å². The van der Waals surface area contributed by atoms with Crippen LogP contribution in [0.2, 0.25) is 0 Å². The quantitative estimate of drug-likeness (QED) is 0.758. The van der Waals surface area contributed by atoms with Gasteiger partial charge in [0.05, 0.1) is 13.1 Å². The molecule has 2 aliphatic heterocycles. The highest BCUT2D eigenvalue weighted by molar-refractivity contribution is 5.81. The number of hydrogen-bond donors (Lipinski definition) is 0. The number of rotatable bonds is 7. The van der Waals surface area contributed by atoms with Gasteiger partial charge in [-0.05, 0) is 37.7 Å². The number of amides is 2. The lowest BCUT2D eigenvalue weighted by Gasteiger charge is -2.26. The molecule has 0 saturated carbocycles. The Kier molecular flexibility index (Phi) is 6.45. The first-order chi connectivity index (χ1) is 12.2. The summed E-state index contributed by atoms with van der Waals surface area (Å²) < 4.78 is 0. The molecule has 2 heterocycles. The number of benzene rings is 1. The van der Waals surface area contributed by atoms with Gasteiger partial charge in [-0.3, -0.25) is 14.5 Å². The molecule has 0 aliphatic carbocycles. The van der Waals surface area contributed by atoms with Crippen LogP contribution in [0.15, 0.2) is 30.3 Å². The summed E-state index contributed by atoms with van der Waals surface area (Å²) in [4.78, 5) is 31.0. The number of carbonyl (C=O) groups excluding carboxylic acids is 2. The first kappa shape index (κ1) is 17.9. The minimum Gasteiger partial charge on any atom is -0.342 e. The van der Waals surface area contributed by atoms with E-state index < -0.39 is 0 Å². The van der Waals surface area contributed by atoms with Crippen LogP contribution in [0.4, 0.5) is 0 Å². The molecule has 0 N–H and O–H groups in total. The molecule has 0 spiro atoms. The second kappa shape index (κ2) is 8.99. The van der Waals surface area contributed by atoms with Crippen molar-refractivity contribution in [1.82, 2.24) is 14.7 Å². The van der Waals surface area contributed by atoms with E-state index in [2.05, 4.69) is 12.1 Å². The van der Waals surface area contributed by atoms with Crippen molar-refractivity contribution in [1.29, 1.82) is 0 Å². The molecule has 1 aromatic carbocycles. The van der Waals surface area contributed by atoms with E-state index in [-0.39, 0.29) is 11.8 Å². The zero-order valence-corrected chi connectivity index (χ0v) is 15.0. The Morgan fingerprint density at radius 3 is 1.76 bits per heavy atom. The third kappa shape index (κ3) is 5.30. The second-order valence-corrected chi connectivity index (χ2v) is 7.12. The molecule has 5 heteroatoms. The molecule has 2 fully saturated rings. The highest BCUT2D eigenvalue weighted by atomic mass is 16.2. The zero-order valence-electron chi connectivity index (χ0n) is 15.0. The molecular formula is C20H29N3O2. The summed E-state index contributed by atoms with van der Waals surface area (Å²) in [5.74, 6) is 0.333. The lowest BCUT2D eigenvalue weighted by atomic mass is 10.1. The monoisotopic (exact) mass is 343 g/mol. The van der Waals surface area contributed by atoms with Gasteiger partial charge in [-0.2, -0.15) is 0 Å². The van der Waals surface area contributed by atoms with Gasteiger partial charge >= 0.3 is 0 Å². The lowest BCUT2D eigenvalue weighted by molar-refractivity contribution is -0.134. The number of likely N-dealkylation sites (tertiary alicyclic amines) is 2. The fraction of sp³-hybridized carbons (Fsp3) is 0.600. The molecule has 0 unspecified atom stereocenters. The highest BCUT2D eigenvalue weighted by Gasteiger charge is 2.24. The molecule has 2 amide bonds. The van der Waals surface area contributed by atoms with E-state index in [1.165, 1.54) is 5.56 Å². The summed E-state index contributed by atoms with van der Waals surface area (Å²) in [5, 5.41) is 0. The number of nitrogens with zero attached hydrogens (tertiary/aromatic N) is 3. The summed E-state index contributed by atoms with van der Waals surface area (Å²) in [6.45, 7) is 4.91. The minimum absolute atomic E-state index is 0.166. The van der Waals surface area contributed by atoms with Crippen molar-refractivity contribution < 1.29 is 9.59 Å². The molecule has 5 nitrogen and oxygen atoms in total. The maximum Gasteiger partial charge on any atom is 0.236 e. The molecular weight excluding hydrogens is 314 g/mol. The van der Waals surface area contributed by atoms with Gasteiger partial charge in [0.1, 0.15) is 0 Å². The van der Waals surface area contributed by atoms with Gasteiger partial charge in [-0.25, -0.2) is 0 Å². The predicted octanol–water partition coefficient (Wildman–Crippen LogP) is 1.78. The van der Waals surface area contributed by atoms with Crippen LogP contribution < -0.4 is 0 Å². The standard InChI is InChI=1S/C20H29N3O2/c24-19(22-11-4-5-12-22)16-21(15-10-18-8-2-1-3-9-18)17-20(25)23-13-6-7-14-23/h1-3,8-9H,4-7,10-17H2. The van der Waals surface area contributed by atoms with Crippen LogP contribution in [0.5, 0.6) is 0 Å². The van der Waals surface area contributed by atoms with Crippen molar-refractivity contribution in [2.45, 2.75) is 32.1 Å². The van der Waals surface area contributed by atoms with Gasteiger partial charge in [0.15, 0.2) is 0 Å². The Morgan fingerprint density at radius 2 is 1.28 bits per heavy atom. The van der Waals surface area contributed by atoms with Gasteiger partial charge < -0.3 is 9.80 Å². The van der Waals surface area contributed by atoms with Crippen molar-refractivity contribution >= 4 is 11.8 Å².